The fourth-order valence-corrected chi connectivity index (χ4v) is 3.33. The Kier molecular flexibility index (Phi) is 6.98. The Labute approximate surface area is 159 Å². The van der Waals surface area contributed by atoms with Gasteiger partial charge < -0.3 is 29.4 Å². The number of carbonyl (C=O) groups is 1. The first kappa shape index (κ1) is 20.0. The highest BCUT2D eigenvalue weighted by Crippen LogP contribution is 2.34. The van der Waals surface area contributed by atoms with Crippen molar-refractivity contribution in [1.29, 1.82) is 0 Å². The number of rotatable bonds is 7. The fraction of sp³-hybridized carbons (Fsp3) is 0.550. The van der Waals surface area contributed by atoms with Crippen LogP contribution >= 0.6 is 0 Å². The molecule has 0 aromatic heterocycles. The van der Waals surface area contributed by atoms with E-state index in [0.29, 0.717) is 6.61 Å². The van der Waals surface area contributed by atoms with E-state index in [1.54, 1.807) is 0 Å². The summed E-state index contributed by atoms with van der Waals surface area (Å²) in [6.45, 7) is 5.77. The lowest BCUT2D eigenvalue weighted by Gasteiger charge is -2.47. The summed E-state index contributed by atoms with van der Waals surface area (Å²) >= 11 is 0. The van der Waals surface area contributed by atoms with Crippen molar-refractivity contribution in [2.75, 3.05) is 13.2 Å². The second-order valence-electron chi connectivity index (χ2n) is 6.74. The molecule has 2 saturated heterocycles. The highest BCUT2D eigenvalue weighted by Gasteiger charge is 2.50. The zero-order valence-electron chi connectivity index (χ0n) is 15.5. The Balaban J connectivity index is 1.69. The molecular weight excluding hydrogens is 350 g/mol. The van der Waals surface area contributed by atoms with Crippen molar-refractivity contribution in [3.05, 3.63) is 48.6 Å². The summed E-state index contributed by atoms with van der Waals surface area (Å²) in [5, 5.41) is 13.6. The maximum absolute atomic E-state index is 11.6. The van der Waals surface area contributed by atoms with E-state index in [4.69, 9.17) is 18.9 Å². The van der Waals surface area contributed by atoms with Crippen LogP contribution in [0.2, 0.25) is 0 Å². The van der Waals surface area contributed by atoms with Crippen molar-refractivity contribution in [2.45, 2.75) is 56.7 Å². The van der Waals surface area contributed by atoms with Crippen LogP contribution in [0.5, 0.6) is 0 Å². The van der Waals surface area contributed by atoms with E-state index in [1.165, 1.54) is 6.92 Å². The van der Waals surface area contributed by atoms with E-state index in [9.17, 15) is 9.90 Å². The largest absolute Gasteiger partial charge is 0.388 e. The number of aliphatic hydroxyl groups excluding tert-OH is 1. The Hall–Kier alpha value is -1.77. The third-order valence-electron chi connectivity index (χ3n) is 4.64. The summed E-state index contributed by atoms with van der Waals surface area (Å²) in [6, 6.07) is 8.79. The Morgan fingerprint density at radius 3 is 2.85 bits per heavy atom. The van der Waals surface area contributed by atoms with Gasteiger partial charge in [-0.05, 0) is 12.8 Å². The lowest BCUT2D eigenvalue weighted by atomic mass is 9.95. The predicted octanol–water partition coefficient (Wildman–Crippen LogP) is 1.67. The topological polar surface area (TPSA) is 86.2 Å². The molecule has 2 heterocycles. The molecule has 1 aromatic rings. The van der Waals surface area contributed by atoms with E-state index >= 15 is 0 Å². The fourth-order valence-electron chi connectivity index (χ4n) is 3.33. The number of aliphatic hydroxyl groups is 1. The number of unbranched alkanes of at least 4 members (excludes halogenated alkanes) is 1. The van der Waals surface area contributed by atoms with Crippen LogP contribution in [0.3, 0.4) is 0 Å². The Morgan fingerprint density at radius 2 is 2.15 bits per heavy atom. The summed E-state index contributed by atoms with van der Waals surface area (Å²) < 4.78 is 23.5. The van der Waals surface area contributed by atoms with Crippen LogP contribution < -0.4 is 5.32 Å². The van der Waals surface area contributed by atoms with Gasteiger partial charge in [-0.3, -0.25) is 4.79 Å². The summed E-state index contributed by atoms with van der Waals surface area (Å²) in [5.74, 6) is -0.271. The number of nitrogens with one attached hydrogen (secondary N) is 1. The van der Waals surface area contributed by atoms with Crippen molar-refractivity contribution >= 4 is 5.91 Å². The van der Waals surface area contributed by atoms with Crippen LogP contribution in [0.1, 0.15) is 31.6 Å². The molecule has 2 N–H and O–H groups in total. The molecule has 0 radical (unpaired) electrons. The molecule has 2 aliphatic heterocycles. The Bertz CT molecular complexity index is 624. The average Bonchev–Trinajstić information content (AvgIpc) is 2.68. The van der Waals surface area contributed by atoms with Gasteiger partial charge in [0.25, 0.3) is 0 Å². The van der Waals surface area contributed by atoms with Crippen LogP contribution in [-0.2, 0) is 23.7 Å². The number of fused-ring (bicyclic) bond motifs is 1. The van der Waals surface area contributed by atoms with E-state index in [1.807, 2.05) is 36.4 Å². The van der Waals surface area contributed by atoms with Gasteiger partial charge in [-0.15, -0.1) is 6.58 Å². The molecule has 7 nitrogen and oxygen atoms in total. The summed E-state index contributed by atoms with van der Waals surface area (Å²) in [6.07, 6.45) is -0.0338. The minimum absolute atomic E-state index is 0.264. The van der Waals surface area contributed by atoms with Gasteiger partial charge in [0.05, 0.1) is 13.2 Å². The molecule has 0 spiro atoms. The quantitative estimate of drug-likeness (QED) is 0.555. The number of amides is 1. The molecule has 0 bridgehead atoms. The van der Waals surface area contributed by atoms with Crippen molar-refractivity contribution in [2.24, 2.45) is 0 Å². The normalized spacial score (nSPS) is 33.1. The molecule has 0 aliphatic carbocycles. The average molecular weight is 377 g/mol. The molecule has 3 rings (SSSR count). The highest BCUT2D eigenvalue weighted by molar-refractivity contribution is 5.73. The summed E-state index contributed by atoms with van der Waals surface area (Å²) in [5.41, 5.74) is 0.863. The first-order valence-corrected chi connectivity index (χ1v) is 9.25. The SMILES string of the molecule is C=CCCCO[C@@H]1O[C@@H]2CO[C@@H](c3ccccc3)O[C@H]2[C@H](O)[C@H]1NC(C)=O. The van der Waals surface area contributed by atoms with Crippen LogP contribution in [0.25, 0.3) is 0 Å². The molecule has 27 heavy (non-hydrogen) atoms. The highest BCUT2D eigenvalue weighted by atomic mass is 16.7. The van der Waals surface area contributed by atoms with Gasteiger partial charge in [0.15, 0.2) is 12.6 Å². The van der Waals surface area contributed by atoms with Crippen molar-refractivity contribution in [3.8, 4) is 0 Å². The van der Waals surface area contributed by atoms with E-state index in [2.05, 4.69) is 11.9 Å². The molecule has 1 amide bonds. The van der Waals surface area contributed by atoms with Crippen LogP contribution in [0.4, 0.5) is 0 Å². The standard InChI is InChI=1S/C20H27NO6/c1-3-4-8-11-24-20-16(21-13(2)22)17(23)18-15(26-20)12-25-19(27-18)14-9-6-5-7-10-14/h3,5-7,9-10,15-20,23H,1,4,8,11-12H2,2H3,(H,21,22)/t15-,16-,17-,18-,19-,20-/m1/s1. The Morgan fingerprint density at radius 1 is 1.37 bits per heavy atom. The third-order valence-corrected chi connectivity index (χ3v) is 4.64. The second-order valence-corrected chi connectivity index (χ2v) is 6.74. The number of hydrogen-bond donors (Lipinski definition) is 2. The second kappa shape index (κ2) is 9.43. The van der Waals surface area contributed by atoms with E-state index in [-0.39, 0.29) is 12.5 Å². The van der Waals surface area contributed by atoms with E-state index in [0.717, 1.165) is 18.4 Å². The minimum Gasteiger partial charge on any atom is -0.388 e. The molecular formula is C20H27NO6. The van der Waals surface area contributed by atoms with Crippen LogP contribution in [0, 0.1) is 0 Å². The first-order valence-electron chi connectivity index (χ1n) is 9.25. The predicted molar refractivity (Wildman–Crippen MR) is 97.7 cm³/mol. The third kappa shape index (κ3) is 4.94. The number of carbonyl (C=O) groups excluding carboxylic acids is 1. The van der Waals surface area contributed by atoms with Gasteiger partial charge in [-0.25, -0.2) is 0 Å². The molecule has 148 valence electrons. The number of allylic oxidation sites excluding steroid dienone is 1. The van der Waals surface area contributed by atoms with Gasteiger partial charge in [0.2, 0.25) is 5.91 Å². The zero-order chi connectivity index (χ0) is 19.2. The summed E-state index contributed by atoms with van der Waals surface area (Å²) in [4.78, 5) is 11.6. The molecule has 7 heteroatoms. The van der Waals surface area contributed by atoms with Crippen LogP contribution in [-0.4, -0.2) is 54.9 Å². The minimum atomic E-state index is -0.979. The van der Waals surface area contributed by atoms with Crippen LogP contribution in [0.15, 0.2) is 43.0 Å². The van der Waals surface area contributed by atoms with Crippen molar-refractivity contribution in [3.63, 3.8) is 0 Å². The van der Waals surface area contributed by atoms with Crippen molar-refractivity contribution in [1.82, 2.24) is 5.32 Å². The van der Waals surface area contributed by atoms with Gasteiger partial charge in [0.1, 0.15) is 24.4 Å². The molecule has 0 saturated carbocycles. The molecule has 1 aromatic carbocycles. The monoisotopic (exact) mass is 377 g/mol. The summed E-state index contributed by atoms with van der Waals surface area (Å²) in [7, 11) is 0. The zero-order valence-corrected chi connectivity index (χ0v) is 15.5. The smallest absolute Gasteiger partial charge is 0.217 e. The number of ether oxygens (including phenoxy) is 4. The van der Waals surface area contributed by atoms with Crippen molar-refractivity contribution < 1.29 is 28.8 Å². The first-order chi connectivity index (χ1) is 13.1. The molecule has 2 aliphatic rings. The van der Waals surface area contributed by atoms with Gasteiger partial charge in [-0.1, -0.05) is 36.4 Å². The lowest BCUT2D eigenvalue weighted by molar-refractivity contribution is -0.344. The number of hydrogen-bond acceptors (Lipinski definition) is 6. The van der Waals surface area contributed by atoms with Gasteiger partial charge in [0, 0.05) is 12.5 Å². The lowest BCUT2D eigenvalue weighted by Crippen LogP contribution is -2.66. The molecule has 6 atom stereocenters. The maximum atomic E-state index is 11.6. The maximum Gasteiger partial charge on any atom is 0.217 e. The number of benzene rings is 1. The van der Waals surface area contributed by atoms with Gasteiger partial charge >= 0.3 is 0 Å². The van der Waals surface area contributed by atoms with Gasteiger partial charge in [-0.2, -0.15) is 0 Å². The molecule has 0 unspecified atom stereocenters. The van der Waals surface area contributed by atoms with E-state index < -0.39 is 36.9 Å². The molecule has 2 fully saturated rings.